The summed E-state index contributed by atoms with van der Waals surface area (Å²) in [5, 5.41) is 11.0. The van der Waals surface area contributed by atoms with Gasteiger partial charge in [-0.2, -0.15) is 0 Å². The van der Waals surface area contributed by atoms with Crippen LogP contribution in [-0.2, 0) is 20.7 Å². The maximum atomic E-state index is 12.7. The van der Waals surface area contributed by atoms with Gasteiger partial charge in [-0.15, -0.1) is 0 Å². The topological polar surface area (TPSA) is 63.6 Å². The molecular formula is C27H34Cl2O4. The average Bonchev–Trinajstić information content (AvgIpc) is 2.72. The Labute approximate surface area is 207 Å². The number of aryl methyl sites for hydroxylation is 1. The smallest absolute Gasteiger partial charge is 0.309 e. The number of rotatable bonds is 11. The molecule has 4 nitrogen and oxygen atoms in total. The lowest BCUT2D eigenvalue weighted by Gasteiger charge is -2.25. The molecule has 1 N–H and O–H groups in total. The second kappa shape index (κ2) is 12.4. The predicted octanol–water partition coefficient (Wildman–Crippen LogP) is 7.83. The fourth-order valence-corrected chi connectivity index (χ4v) is 4.29. The SMILES string of the molecule is CCCC[C@@H](C[C@H](CCc1ccc(-c2ccc(Cl)cc2Cl)cc1)C(=O)O)C(=O)OC(C)(C)C. The highest BCUT2D eigenvalue weighted by Gasteiger charge is 2.30. The number of ether oxygens (including phenoxy) is 1. The van der Waals surface area contributed by atoms with Gasteiger partial charge >= 0.3 is 11.9 Å². The summed E-state index contributed by atoms with van der Waals surface area (Å²) >= 11 is 12.3. The van der Waals surface area contributed by atoms with Crippen LogP contribution in [0.1, 0.15) is 65.4 Å². The molecule has 0 unspecified atom stereocenters. The van der Waals surface area contributed by atoms with Crippen LogP contribution in [0.2, 0.25) is 10.0 Å². The lowest BCUT2D eigenvalue weighted by Crippen LogP contribution is -2.31. The number of unbranched alkanes of at least 4 members (excludes halogenated alkanes) is 1. The number of carbonyl (C=O) groups is 2. The maximum Gasteiger partial charge on any atom is 0.309 e. The standard InChI is InChI=1S/C27H34Cl2O4/c1-5-6-7-21(26(32)33-27(2,3)4)16-20(25(30)31)13-10-18-8-11-19(12-9-18)23-15-14-22(28)17-24(23)29/h8-9,11-12,14-15,17,20-21H,5-7,10,13,16H2,1-4H3,(H,30,31)/t20-,21-/m0/s1. The second-order valence-corrected chi connectivity index (χ2v) is 10.3. The van der Waals surface area contributed by atoms with Crippen molar-refractivity contribution in [2.45, 2.75) is 71.8 Å². The third kappa shape index (κ3) is 9.02. The Balaban J connectivity index is 2.06. The van der Waals surface area contributed by atoms with Crippen molar-refractivity contribution in [3.8, 4) is 11.1 Å². The van der Waals surface area contributed by atoms with Crippen molar-refractivity contribution >= 4 is 35.1 Å². The number of carboxylic acid groups (broad SMARTS) is 1. The van der Waals surface area contributed by atoms with Crippen LogP contribution in [0.25, 0.3) is 11.1 Å². The molecule has 0 saturated carbocycles. The van der Waals surface area contributed by atoms with Crippen molar-refractivity contribution in [2.75, 3.05) is 0 Å². The van der Waals surface area contributed by atoms with Crippen molar-refractivity contribution < 1.29 is 19.4 Å². The maximum absolute atomic E-state index is 12.7. The van der Waals surface area contributed by atoms with Gasteiger partial charge in [0.15, 0.2) is 0 Å². The van der Waals surface area contributed by atoms with Crippen LogP contribution < -0.4 is 0 Å². The Bertz CT molecular complexity index is 932. The molecule has 0 bridgehead atoms. The van der Waals surface area contributed by atoms with E-state index in [2.05, 4.69) is 6.92 Å². The van der Waals surface area contributed by atoms with E-state index in [0.29, 0.717) is 35.7 Å². The van der Waals surface area contributed by atoms with Gasteiger partial charge in [-0.3, -0.25) is 9.59 Å². The number of carboxylic acids is 1. The van der Waals surface area contributed by atoms with Crippen LogP contribution in [0.5, 0.6) is 0 Å². The van der Waals surface area contributed by atoms with Gasteiger partial charge in [0, 0.05) is 15.6 Å². The molecule has 0 aliphatic carbocycles. The zero-order valence-electron chi connectivity index (χ0n) is 19.9. The van der Waals surface area contributed by atoms with E-state index in [1.807, 2.05) is 51.1 Å². The number of aliphatic carboxylic acids is 1. The molecule has 0 radical (unpaired) electrons. The van der Waals surface area contributed by atoms with Crippen LogP contribution in [0, 0.1) is 11.8 Å². The lowest BCUT2D eigenvalue weighted by atomic mass is 9.87. The van der Waals surface area contributed by atoms with E-state index in [0.717, 1.165) is 29.5 Å². The summed E-state index contributed by atoms with van der Waals surface area (Å²) in [7, 11) is 0. The van der Waals surface area contributed by atoms with Crippen molar-refractivity contribution in [1.29, 1.82) is 0 Å². The van der Waals surface area contributed by atoms with Crippen molar-refractivity contribution in [3.05, 3.63) is 58.1 Å². The van der Waals surface area contributed by atoms with Gasteiger partial charge < -0.3 is 9.84 Å². The van der Waals surface area contributed by atoms with E-state index < -0.39 is 23.4 Å². The minimum atomic E-state index is -0.871. The second-order valence-electron chi connectivity index (χ2n) is 9.50. The van der Waals surface area contributed by atoms with Gasteiger partial charge in [-0.1, -0.05) is 73.3 Å². The van der Waals surface area contributed by atoms with Gasteiger partial charge in [0.25, 0.3) is 0 Å². The first-order valence-electron chi connectivity index (χ1n) is 11.5. The molecule has 33 heavy (non-hydrogen) atoms. The summed E-state index contributed by atoms with van der Waals surface area (Å²) < 4.78 is 5.56. The van der Waals surface area contributed by atoms with Gasteiger partial charge in [0.2, 0.25) is 0 Å². The molecule has 0 amide bonds. The Hall–Kier alpha value is -2.04. The van der Waals surface area contributed by atoms with Gasteiger partial charge in [-0.05, 0) is 69.7 Å². The van der Waals surface area contributed by atoms with Gasteiger partial charge in [0.05, 0.1) is 11.8 Å². The Morgan fingerprint density at radius 2 is 1.67 bits per heavy atom. The molecule has 2 aromatic carbocycles. The number of carbonyl (C=O) groups excluding carboxylic acids is 1. The van der Waals surface area contributed by atoms with Crippen molar-refractivity contribution in [3.63, 3.8) is 0 Å². The Kier molecular flexibility index (Phi) is 10.2. The first-order chi connectivity index (χ1) is 15.5. The van der Waals surface area contributed by atoms with Gasteiger partial charge in [-0.25, -0.2) is 0 Å². The summed E-state index contributed by atoms with van der Waals surface area (Å²) in [5.74, 6) is -2.18. The fourth-order valence-electron chi connectivity index (χ4n) is 3.77. The molecule has 2 atom stereocenters. The van der Waals surface area contributed by atoms with Crippen LogP contribution in [-0.4, -0.2) is 22.6 Å². The van der Waals surface area contributed by atoms with E-state index in [1.165, 1.54) is 0 Å². The average molecular weight is 493 g/mol. The van der Waals surface area contributed by atoms with E-state index in [9.17, 15) is 14.7 Å². The normalized spacial score (nSPS) is 13.4. The Morgan fingerprint density at radius 3 is 2.21 bits per heavy atom. The molecule has 0 aliphatic heterocycles. The van der Waals surface area contributed by atoms with Gasteiger partial charge in [0.1, 0.15) is 5.60 Å². The molecule has 0 heterocycles. The van der Waals surface area contributed by atoms with Crippen LogP contribution >= 0.6 is 23.2 Å². The molecule has 0 saturated heterocycles. The third-order valence-corrected chi connectivity index (χ3v) is 6.09. The molecule has 180 valence electrons. The molecule has 0 aromatic heterocycles. The number of hydrogen-bond donors (Lipinski definition) is 1. The zero-order valence-corrected chi connectivity index (χ0v) is 21.4. The van der Waals surface area contributed by atoms with Crippen LogP contribution in [0.4, 0.5) is 0 Å². The first-order valence-corrected chi connectivity index (χ1v) is 12.3. The molecular weight excluding hydrogens is 459 g/mol. The molecule has 2 rings (SSSR count). The highest BCUT2D eigenvalue weighted by molar-refractivity contribution is 6.36. The Morgan fingerprint density at radius 1 is 1.00 bits per heavy atom. The minimum absolute atomic E-state index is 0.294. The quantitative estimate of drug-likeness (QED) is 0.324. The predicted molar refractivity (Wildman–Crippen MR) is 135 cm³/mol. The van der Waals surface area contributed by atoms with E-state index >= 15 is 0 Å². The van der Waals surface area contributed by atoms with Crippen LogP contribution in [0.3, 0.4) is 0 Å². The molecule has 6 heteroatoms. The number of hydrogen-bond acceptors (Lipinski definition) is 3. The van der Waals surface area contributed by atoms with E-state index in [1.54, 1.807) is 12.1 Å². The number of benzene rings is 2. The monoisotopic (exact) mass is 492 g/mol. The summed E-state index contributed by atoms with van der Waals surface area (Å²) in [4.78, 5) is 24.6. The largest absolute Gasteiger partial charge is 0.481 e. The minimum Gasteiger partial charge on any atom is -0.481 e. The highest BCUT2D eigenvalue weighted by atomic mass is 35.5. The highest BCUT2D eigenvalue weighted by Crippen LogP contribution is 2.31. The molecule has 0 fully saturated rings. The number of esters is 1. The molecule has 2 aromatic rings. The first kappa shape index (κ1) is 27.2. The summed E-state index contributed by atoms with van der Waals surface area (Å²) in [6.45, 7) is 7.55. The summed E-state index contributed by atoms with van der Waals surface area (Å²) in [5.41, 5.74) is 2.32. The lowest BCUT2D eigenvalue weighted by molar-refractivity contribution is -0.161. The zero-order chi connectivity index (χ0) is 24.6. The fraction of sp³-hybridized carbons (Fsp3) is 0.481. The third-order valence-electron chi connectivity index (χ3n) is 5.54. The summed E-state index contributed by atoms with van der Waals surface area (Å²) in [6.07, 6.45) is 3.82. The van der Waals surface area contributed by atoms with E-state index in [4.69, 9.17) is 27.9 Å². The summed E-state index contributed by atoms with van der Waals surface area (Å²) in [6, 6.07) is 13.3. The number of halogens is 2. The van der Waals surface area contributed by atoms with Crippen molar-refractivity contribution in [2.24, 2.45) is 11.8 Å². The van der Waals surface area contributed by atoms with Crippen LogP contribution in [0.15, 0.2) is 42.5 Å². The van der Waals surface area contributed by atoms with Crippen molar-refractivity contribution in [1.82, 2.24) is 0 Å². The molecule has 0 spiro atoms. The molecule has 0 aliphatic rings. The van der Waals surface area contributed by atoms with E-state index in [-0.39, 0.29) is 5.97 Å².